The first-order valence-electron chi connectivity index (χ1n) is 6.03. The first kappa shape index (κ1) is 17.7. The van der Waals surface area contributed by atoms with Gasteiger partial charge in [0.05, 0.1) is 0 Å². The molecule has 0 bridgehead atoms. The third-order valence-corrected chi connectivity index (χ3v) is 2.43. The summed E-state index contributed by atoms with van der Waals surface area (Å²) < 4.78 is 0. The van der Waals surface area contributed by atoms with Crippen molar-refractivity contribution >= 4 is 23.8 Å². The van der Waals surface area contributed by atoms with Crippen LogP contribution in [0.2, 0.25) is 0 Å². The van der Waals surface area contributed by atoms with Crippen LogP contribution in [0.3, 0.4) is 0 Å². The summed E-state index contributed by atoms with van der Waals surface area (Å²) in [6.45, 7) is 1.16. The fraction of sp³-hybridized carbons (Fsp3) is 0.636. The number of primary amides is 2. The molecule has 0 fully saturated rings. The van der Waals surface area contributed by atoms with Gasteiger partial charge in [0.25, 0.3) is 0 Å². The first-order chi connectivity index (χ1) is 9.22. The Kier molecular flexibility index (Phi) is 7.71. The SMILES string of the molecule is CC(CCC(=O)O)CNC(=O)N(CC(N)=O)CC(N)=O. The van der Waals surface area contributed by atoms with Gasteiger partial charge in [-0.15, -0.1) is 0 Å². The average molecular weight is 288 g/mol. The molecule has 0 radical (unpaired) electrons. The Hall–Kier alpha value is -2.32. The van der Waals surface area contributed by atoms with Crippen LogP contribution in [0.5, 0.6) is 0 Å². The van der Waals surface area contributed by atoms with Crippen LogP contribution in [0.15, 0.2) is 0 Å². The summed E-state index contributed by atoms with van der Waals surface area (Å²) in [6.07, 6.45) is 0.407. The van der Waals surface area contributed by atoms with Gasteiger partial charge in [-0.25, -0.2) is 4.79 Å². The molecule has 0 aliphatic carbocycles. The van der Waals surface area contributed by atoms with Crippen molar-refractivity contribution in [3.05, 3.63) is 0 Å². The molecular formula is C11H20N4O5. The number of carbonyl (C=O) groups excluding carboxylic acids is 3. The molecule has 4 amide bonds. The van der Waals surface area contributed by atoms with Crippen molar-refractivity contribution in [1.29, 1.82) is 0 Å². The maximum Gasteiger partial charge on any atom is 0.318 e. The molecule has 1 unspecified atom stereocenters. The highest BCUT2D eigenvalue weighted by Gasteiger charge is 2.18. The number of aliphatic carboxylic acids is 1. The van der Waals surface area contributed by atoms with Gasteiger partial charge in [0.2, 0.25) is 11.8 Å². The van der Waals surface area contributed by atoms with Crippen LogP contribution < -0.4 is 16.8 Å². The second kappa shape index (κ2) is 8.73. The van der Waals surface area contributed by atoms with E-state index in [1.54, 1.807) is 6.92 Å². The Morgan fingerprint density at radius 1 is 1.15 bits per heavy atom. The number of hydrogen-bond acceptors (Lipinski definition) is 4. The Morgan fingerprint density at radius 3 is 2.05 bits per heavy atom. The van der Waals surface area contributed by atoms with Crippen LogP contribution in [0.25, 0.3) is 0 Å². The topological polar surface area (TPSA) is 156 Å². The number of carboxylic acid groups (broad SMARTS) is 1. The lowest BCUT2D eigenvalue weighted by Gasteiger charge is -2.21. The quantitative estimate of drug-likeness (QED) is 0.405. The van der Waals surface area contributed by atoms with E-state index in [0.29, 0.717) is 6.42 Å². The van der Waals surface area contributed by atoms with Gasteiger partial charge in [0.15, 0.2) is 0 Å². The molecule has 0 heterocycles. The second-order valence-electron chi connectivity index (χ2n) is 4.51. The molecule has 1 atom stereocenters. The number of carbonyl (C=O) groups is 4. The van der Waals surface area contributed by atoms with E-state index in [1.807, 2.05) is 0 Å². The van der Waals surface area contributed by atoms with Crippen molar-refractivity contribution in [3.8, 4) is 0 Å². The minimum Gasteiger partial charge on any atom is -0.481 e. The van der Waals surface area contributed by atoms with Crippen LogP contribution in [0, 0.1) is 5.92 Å². The third-order valence-electron chi connectivity index (χ3n) is 2.43. The van der Waals surface area contributed by atoms with Gasteiger partial charge in [-0.3, -0.25) is 14.4 Å². The van der Waals surface area contributed by atoms with Gasteiger partial charge >= 0.3 is 12.0 Å². The molecule has 0 spiro atoms. The minimum atomic E-state index is -0.910. The molecule has 0 aromatic carbocycles. The van der Waals surface area contributed by atoms with Gasteiger partial charge in [0.1, 0.15) is 13.1 Å². The predicted molar refractivity (Wildman–Crippen MR) is 69.4 cm³/mol. The summed E-state index contributed by atoms with van der Waals surface area (Å²) in [5, 5.41) is 11.0. The molecular weight excluding hydrogens is 268 g/mol. The molecule has 0 aliphatic heterocycles. The van der Waals surface area contributed by atoms with Crippen LogP contribution >= 0.6 is 0 Å². The molecule has 6 N–H and O–H groups in total. The van der Waals surface area contributed by atoms with Gasteiger partial charge in [-0.1, -0.05) is 6.92 Å². The summed E-state index contributed by atoms with van der Waals surface area (Å²) in [6, 6.07) is -0.648. The number of urea groups is 1. The lowest BCUT2D eigenvalue weighted by molar-refractivity contribution is -0.137. The number of nitrogens with two attached hydrogens (primary N) is 2. The smallest absolute Gasteiger partial charge is 0.318 e. The van der Waals surface area contributed by atoms with Crippen molar-refractivity contribution < 1.29 is 24.3 Å². The number of rotatable bonds is 9. The van der Waals surface area contributed by atoms with E-state index in [9.17, 15) is 19.2 Å². The van der Waals surface area contributed by atoms with Gasteiger partial charge in [-0.05, 0) is 12.3 Å². The van der Waals surface area contributed by atoms with Crippen molar-refractivity contribution in [1.82, 2.24) is 10.2 Å². The van der Waals surface area contributed by atoms with E-state index < -0.39 is 36.9 Å². The molecule has 0 saturated carbocycles. The van der Waals surface area contributed by atoms with Crippen LogP contribution in [-0.2, 0) is 14.4 Å². The third kappa shape index (κ3) is 8.72. The number of nitrogens with zero attached hydrogens (tertiary/aromatic N) is 1. The summed E-state index contributed by atoms with van der Waals surface area (Å²) in [5.74, 6) is -2.49. The molecule has 0 aliphatic rings. The lowest BCUT2D eigenvalue weighted by atomic mass is 10.1. The highest BCUT2D eigenvalue weighted by Crippen LogP contribution is 2.04. The largest absolute Gasteiger partial charge is 0.481 e. The maximum absolute atomic E-state index is 11.7. The van der Waals surface area contributed by atoms with Gasteiger partial charge in [0, 0.05) is 13.0 Å². The highest BCUT2D eigenvalue weighted by atomic mass is 16.4. The summed E-state index contributed by atoms with van der Waals surface area (Å²) in [7, 11) is 0. The number of hydrogen-bond donors (Lipinski definition) is 4. The molecule has 9 nitrogen and oxygen atoms in total. The van der Waals surface area contributed by atoms with Crippen LogP contribution in [0.1, 0.15) is 19.8 Å². The molecule has 114 valence electrons. The standard InChI is InChI=1S/C11H20N4O5/c1-7(2-3-10(18)19)4-14-11(20)15(5-8(12)16)6-9(13)17/h7H,2-6H2,1H3,(H2,12,16)(H2,13,17)(H,14,20)(H,18,19). The average Bonchev–Trinajstić information content (AvgIpc) is 2.31. The van der Waals surface area contributed by atoms with E-state index >= 15 is 0 Å². The number of amides is 4. The zero-order valence-electron chi connectivity index (χ0n) is 11.3. The van der Waals surface area contributed by atoms with Crippen molar-refractivity contribution in [2.24, 2.45) is 17.4 Å². The van der Waals surface area contributed by atoms with Crippen LogP contribution in [-0.4, -0.2) is 53.5 Å². The van der Waals surface area contributed by atoms with Gasteiger partial charge < -0.3 is 26.8 Å². The first-order valence-corrected chi connectivity index (χ1v) is 6.03. The maximum atomic E-state index is 11.7. The van der Waals surface area contributed by atoms with Crippen molar-refractivity contribution in [2.45, 2.75) is 19.8 Å². The summed E-state index contributed by atoms with van der Waals surface area (Å²) in [4.78, 5) is 44.6. The van der Waals surface area contributed by atoms with E-state index in [0.717, 1.165) is 4.90 Å². The predicted octanol–water partition coefficient (Wildman–Crippen LogP) is -1.53. The zero-order chi connectivity index (χ0) is 15.7. The molecule has 0 rings (SSSR count). The summed E-state index contributed by atoms with van der Waals surface area (Å²) >= 11 is 0. The number of carboxylic acids is 1. The van der Waals surface area contributed by atoms with E-state index in [1.165, 1.54) is 0 Å². The van der Waals surface area contributed by atoms with E-state index in [4.69, 9.17) is 16.6 Å². The Labute approximate surface area is 116 Å². The van der Waals surface area contributed by atoms with Crippen molar-refractivity contribution in [3.63, 3.8) is 0 Å². The zero-order valence-corrected chi connectivity index (χ0v) is 11.3. The Morgan fingerprint density at radius 2 is 1.65 bits per heavy atom. The highest BCUT2D eigenvalue weighted by molar-refractivity contribution is 5.87. The van der Waals surface area contributed by atoms with Gasteiger partial charge in [-0.2, -0.15) is 0 Å². The van der Waals surface area contributed by atoms with Crippen LogP contribution in [0.4, 0.5) is 4.79 Å². The summed E-state index contributed by atoms with van der Waals surface area (Å²) in [5.41, 5.74) is 9.93. The van der Waals surface area contributed by atoms with E-state index in [2.05, 4.69) is 5.32 Å². The Balaban J connectivity index is 4.27. The minimum absolute atomic E-state index is 0.00330. The monoisotopic (exact) mass is 288 g/mol. The molecule has 20 heavy (non-hydrogen) atoms. The van der Waals surface area contributed by atoms with E-state index in [-0.39, 0.29) is 18.9 Å². The molecule has 0 aromatic heterocycles. The Bertz CT molecular complexity index is 369. The molecule has 0 aromatic rings. The van der Waals surface area contributed by atoms with Crippen molar-refractivity contribution in [2.75, 3.05) is 19.6 Å². The fourth-order valence-electron chi connectivity index (χ4n) is 1.42. The molecule has 9 heteroatoms. The lowest BCUT2D eigenvalue weighted by Crippen LogP contribution is -2.48. The molecule has 0 saturated heterocycles. The fourth-order valence-corrected chi connectivity index (χ4v) is 1.42. The number of nitrogens with one attached hydrogen (secondary N) is 1. The normalized spacial score (nSPS) is 11.4. The second-order valence-corrected chi connectivity index (χ2v) is 4.51.